The molecule has 11 heteroatoms. The molecule has 48 heavy (non-hydrogen) atoms. The standard InChI is InChI=1S/C37H47N5O5S/c1-38-24-17-25-11-12-26(18-24)42(25)36(44)37-20-31(37)30-19-27(47-4)13-15-28(30)34-33(22-8-6-5-7-9-22)29-14-10-23(16-32(29)41(34)21-37)35(43)39-48(45,46)40(2)3/h10,13-16,19,22,24-26,31,38H,5-9,11-12,17-18,20-21H2,1-4H3,(H,39,43). The van der Waals surface area contributed by atoms with Crippen molar-refractivity contribution >= 4 is 32.9 Å². The Bertz CT molecular complexity index is 1900. The van der Waals surface area contributed by atoms with Crippen molar-refractivity contribution in [2.45, 2.75) is 101 Å². The van der Waals surface area contributed by atoms with Gasteiger partial charge in [0.05, 0.1) is 18.2 Å². The maximum atomic E-state index is 15.1. The van der Waals surface area contributed by atoms with E-state index in [4.69, 9.17) is 4.74 Å². The molecule has 4 heterocycles. The van der Waals surface area contributed by atoms with Crippen molar-refractivity contribution in [2.24, 2.45) is 5.41 Å². The summed E-state index contributed by atoms with van der Waals surface area (Å²) in [6.07, 6.45) is 10.6. The first-order valence-electron chi connectivity index (χ1n) is 17.7. The Hall–Kier alpha value is -3.41. The Balaban J connectivity index is 1.31. The average molecular weight is 674 g/mol. The lowest BCUT2D eigenvalue weighted by atomic mass is 9.81. The zero-order valence-electron chi connectivity index (χ0n) is 28.4. The SMILES string of the molecule is CNC1CC2CCC(C1)N2C(=O)C12CC1c1cc(OC)ccc1-c1c(C3CCCCC3)c3ccc(C(=O)NS(=O)(=O)N(C)C)cc3n1C2. The Morgan fingerprint density at radius 1 is 0.979 bits per heavy atom. The van der Waals surface area contributed by atoms with E-state index in [1.54, 1.807) is 13.2 Å². The number of nitrogens with one attached hydrogen (secondary N) is 2. The molecule has 0 radical (unpaired) electrons. The summed E-state index contributed by atoms with van der Waals surface area (Å²) >= 11 is 0. The number of rotatable bonds is 7. The summed E-state index contributed by atoms with van der Waals surface area (Å²) in [5, 5.41) is 4.56. The van der Waals surface area contributed by atoms with Crippen LogP contribution in [-0.4, -0.2) is 80.4 Å². The van der Waals surface area contributed by atoms with Crippen LogP contribution in [-0.2, 0) is 21.5 Å². The number of benzene rings is 2. The summed E-state index contributed by atoms with van der Waals surface area (Å²) in [6.45, 7) is 0.526. The summed E-state index contributed by atoms with van der Waals surface area (Å²) in [5.74, 6) is 0.823. The van der Waals surface area contributed by atoms with E-state index < -0.39 is 21.5 Å². The van der Waals surface area contributed by atoms with E-state index in [-0.39, 0.29) is 29.5 Å². The maximum Gasteiger partial charge on any atom is 0.303 e. The summed E-state index contributed by atoms with van der Waals surface area (Å²) in [6, 6.07) is 12.9. The van der Waals surface area contributed by atoms with Gasteiger partial charge in [0.2, 0.25) is 5.91 Å². The van der Waals surface area contributed by atoms with E-state index in [0.717, 1.165) is 77.2 Å². The molecule has 2 amide bonds. The first-order chi connectivity index (χ1) is 23.1. The fourth-order valence-corrected chi connectivity index (χ4v) is 10.2. The molecule has 5 aliphatic rings. The first kappa shape index (κ1) is 31.8. The smallest absolute Gasteiger partial charge is 0.303 e. The van der Waals surface area contributed by atoms with Crippen LogP contribution in [0.2, 0.25) is 0 Å². The lowest BCUT2D eigenvalue weighted by Gasteiger charge is -2.41. The highest BCUT2D eigenvalue weighted by Crippen LogP contribution is 2.67. The summed E-state index contributed by atoms with van der Waals surface area (Å²) in [7, 11) is 2.54. The average Bonchev–Trinajstić information content (AvgIpc) is 3.68. The fourth-order valence-electron chi connectivity index (χ4n) is 9.69. The van der Waals surface area contributed by atoms with Gasteiger partial charge < -0.3 is 19.5 Å². The number of aromatic nitrogens is 1. The fraction of sp³-hybridized carbons (Fsp3) is 0.568. The molecular weight excluding hydrogens is 627 g/mol. The number of amides is 2. The zero-order valence-corrected chi connectivity index (χ0v) is 29.2. The number of hydrogen-bond donors (Lipinski definition) is 2. The van der Waals surface area contributed by atoms with Crippen LogP contribution in [0.1, 0.15) is 97.5 Å². The second kappa shape index (κ2) is 11.6. The highest BCUT2D eigenvalue weighted by atomic mass is 32.2. The van der Waals surface area contributed by atoms with Gasteiger partial charge in [-0.25, -0.2) is 4.72 Å². The second-order valence-corrected chi connectivity index (χ2v) is 16.9. The molecule has 2 N–H and O–H groups in total. The number of ether oxygens (including phenoxy) is 1. The van der Waals surface area contributed by atoms with Gasteiger partial charge in [-0.05, 0) is 99.4 Å². The minimum atomic E-state index is -3.97. The van der Waals surface area contributed by atoms with Crippen LogP contribution in [0, 0.1) is 5.41 Å². The molecule has 8 rings (SSSR count). The monoisotopic (exact) mass is 673 g/mol. The van der Waals surface area contributed by atoms with Crippen molar-refractivity contribution in [3.05, 3.63) is 53.1 Å². The molecule has 2 bridgehead atoms. The predicted octanol–water partition coefficient (Wildman–Crippen LogP) is 5.13. The van der Waals surface area contributed by atoms with Gasteiger partial charge in [-0.1, -0.05) is 25.3 Å². The van der Waals surface area contributed by atoms with Crippen molar-refractivity contribution < 1.29 is 22.7 Å². The molecule has 2 aliphatic carbocycles. The molecule has 2 saturated heterocycles. The molecule has 2 saturated carbocycles. The quantitative estimate of drug-likeness (QED) is 0.360. The number of methoxy groups -OCH3 is 1. The van der Waals surface area contributed by atoms with Crippen molar-refractivity contribution in [1.82, 2.24) is 23.8 Å². The third kappa shape index (κ3) is 4.90. The number of piperidine rings is 1. The zero-order chi connectivity index (χ0) is 33.5. The van der Waals surface area contributed by atoms with E-state index in [9.17, 15) is 13.2 Å². The normalized spacial score (nSPS) is 28.1. The van der Waals surface area contributed by atoms with Gasteiger partial charge in [-0.3, -0.25) is 9.59 Å². The van der Waals surface area contributed by atoms with Crippen molar-refractivity contribution in [1.29, 1.82) is 0 Å². The third-order valence-corrected chi connectivity index (χ3v) is 13.7. The largest absolute Gasteiger partial charge is 0.497 e. The number of carbonyl (C=O) groups is 2. The second-order valence-electron chi connectivity index (χ2n) is 15.1. The van der Waals surface area contributed by atoms with Gasteiger partial charge in [-0.15, -0.1) is 0 Å². The minimum Gasteiger partial charge on any atom is -0.497 e. The third-order valence-electron chi connectivity index (χ3n) is 12.3. The Kier molecular flexibility index (Phi) is 7.69. The van der Waals surface area contributed by atoms with Crippen LogP contribution in [0.5, 0.6) is 5.75 Å². The lowest BCUT2D eigenvalue weighted by molar-refractivity contribution is -0.142. The predicted molar refractivity (Wildman–Crippen MR) is 185 cm³/mol. The van der Waals surface area contributed by atoms with Crippen molar-refractivity contribution in [2.75, 3.05) is 28.3 Å². The van der Waals surface area contributed by atoms with Gasteiger partial charge in [0, 0.05) is 66.7 Å². The van der Waals surface area contributed by atoms with Crippen molar-refractivity contribution in [3.8, 4) is 17.0 Å². The topological polar surface area (TPSA) is 113 Å². The highest BCUT2D eigenvalue weighted by molar-refractivity contribution is 7.87. The van der Waals surface area contributed by atoms with Crippen LogP contribution in [0.25, 0.3) is 22.2 Å². The number of fused-ring (bicyclic) bond motifs is 9. The lowest BCUT2D eigenvalue weighted by Crippen LogP contribution is -2.53. The summed E-state index contributed by atoms with van der Waals surface area (Å²) in [4.78, 5) is 30.7. The van der Waals surface area contributed by atoms with E-state index in [2.05, 4.69) is 31.6 Å². The molecule has 4 fully saturated rings. The molecule has 256 valence electrons. The molecule has 10 nitrogen and oxygen atoms in total. The number of carbonyl (C=O) groups excluding carboxylic acids is 2. The van der Waals surface area contributed by atoms with Crippen LogP contribution < -0.4 is 14.8 Å². The Labute approximate surface area is 283 Å². The van der Waals surface area contributed by atoms with Crippen molar-refractivity contribution in [3.63, 3.8) is 0 Å². The van der Waals surface area contributed by atoms with Gasteiger partial charge in [-0.2, -0.15) is 12.7 Å². The Morgan fingerprint density at radius 3 is 2.38 bits per heavy atom. The number of hydrogen-bond acceptors (Lipinski definition) is 6. The molecule has 3 aliphatic heterocycles. The molecule has 2 aromatic carbocycles. The van der Waals surface area contributed by atoms with Gasteiger partial charge in [0.25, 0.3) is 5.91 Å². The summed E-state index contributed by atoms with van der Waals surface area (Å²) in [5.41, 5.74) is 5.33. The van der Waals surface area contributed by atoms with Gasteiger partial charge in [0.1, 0.15) is 5.75 Å². The van der Waals surface area contributed by atoms with Crippen LogP contribution in [0.3, 0.4) is 0 Å². The van der Waals surface area contributed by atoms with Crippen LogP contribution in [0.4, 0.5) is 0 Å². The molecule has 4 atom stereocenters. The molecule has 4 unspecified atom stereocenters. The van der Waals surface area contributed by atoms with Gasteiger partial charge in [0.15, 0.2) is 0 Å². The van der Waals surface area contributed by atoms with Crippen LogP contribution in [0.15, 0.2) is 36.4 Å². The first-order valence-corrected chi connectivity index (χ1v) is 19.1. The number of nitrogens with zero attached hydrogens (tertiary/aromatic N) is 3. The summed E-state index contributed by atoms with van der Waals surface area (Å²) < 4.78 is 36.5. The van der Waals surface area contributed by atoms with E-state index in [1.807, 2.05) is 25.2 Å². The Morgan fingerprint density at radius 2 is 1.71 bits per heavy atom. The van der Waals surface area contributed by atoms with Crippen LogP contribution >= 0.6 is 0 Å². The van der Waals surface area contributed by atoms with E-state index in [0.29, 0.717) is 18.5 Å². The molecule has 3 aromatic rings. The minimum absolute atomic E-state index is 0.0717. The highest BCUT2D eigenvalue weighted by Gasteiger charge is 2.65. The van der Waals surface area contributed by atoms with Gasteiger partial charge >= 0.3 is 10.2 Å². The maximum absolute atomic E-state index is 15.1. The van der Waals surface area contributed by atoms with E-state index >= 15 is 4.79 Å². The molecule has 1 aromatic heterocycles. The van der Waals surface area contributed by atoms with E-state index in [1.165, 1.54) is 44.5 Å². The molecular formula is C37H47N5O5S. The molecule has 0 spiro atoms.